The van der Waals surface area contributed by atoms with E-state index in [4.69, 9.17) is 11.6 Å². The van der Waals surface area contributed by atoms with E-state index in [1.807, 2.05) is 30.0 Å². The van der Waals surface area contributed by atoms with Crippen LogP contribution >= 0.6 is 27.5 Å². The molecule has 0 amide bonds. The van der Waals surface area contributed by atoms with Gasteiger partial charge >= 0.3 is 5.97 Å². The minimum atomic E-state index is -0.895. The highest BCUT2D eigenvalue weighted by Gasteiger charge is 2.33. The molecule has 0 bridgehead atoms. The Morgan fingerprint density at radius 1 is 1.50 bits per heavy atom. The number of benzene rings is 1. The van der Waals surface area contributed by atoms with E-state index in [9.17, 15) is 9.90 Å². The smallest absolute Gasteiger partial charge is 0.323 e. The number of hydrogen-bond donors (Lipinski definition) is 1. The number of carboxylic acids is 1. The molecule has 1 aromatic rings. The van der Waals surface area contributed by atoms with Crippen molar-refractivity contribution in [1.82, 2.24) is 4.90 Å². The Morgan fingerprint density at radius 3 is 2.56 bits per heavy atom. The van der Waals surface area contributed by atoms with Crippen molar-refractivity contribution in [3.63, 3.8) is 0 Å². The number of aliphatic carboxylic acids is 1. The summed E-state index contributed by atoms with van der Waals surface area (Å²) in [7, 11) is 0. The van der Waals surface area contributed by atoms with E-state index >= 15 is 0 Å². The van der Waals surface area contributed by atoms with Crippen molar-refractivity contribution >= 4 is 33.5 Å². The van der Waals surface area contributed by atoms with E-state index in [1.165, 1.54) is 0 Å². The lowest BCUT2D eigenvalue weighted by atomic mass is 10.0. The minimum absolute atomic E-state index is 0.558. The van der Waals surface area contributed by atoms with Crippen LogP contribution in [-0.2, 0) is 11.3 Å². The number of carbonyl (C=O) groups is 1. The fraction of sp³-hybridized carbons (Fsp3) is 0.462. The fourth-order valence-corrected chi connectivity index (χ4v) is 2.15. The summed E-state index contributed by atoms with van der Waals surface area (Å²) in [6.45, 7) is 6.58. The highest BCUT2D eigenvalue weighted by atomic mass is 79.9. The first-order chi connectivity index (χ1) is 8.28. The van der Waals surface area contributed by atoms with Gasteiger partial charge in [0, 0.05) is 11.0 Å². The van der Waals surface area contributed by atoms with Gasteiger partial charge in [-0.3, -0.25) is 9.69 Å². The molecule has 0 spiro atoms. The Balaban J connectivity index is 2.93. The third-order valence-electron chi connectivity index (χ3n) is 3.05. The normalized spacial score (nSPS) is 11.9. The first kappa shape index (κ1) is 15.5. The van der Waals surface area contributed by atoms with Crippen molar-refractivity contribution in [3.8, 4) is 0 Å². The molecule has 0 saturated carbocycles. The summed E-state index contributed by atoms with van der Waals surface area (Å²) < 4.78 is 0.841. The van der Waals surface area contributed by atoms with Gasteiger partial charge < -0.3 is 5.11 Å². The Bertz CT molecular complexity index is 449. The Hall–Kier alpha value is -0.580. The summed E-state index contributed by atoms with van der Waals surface area (Å²) in [5, 5.41) is 9.88. The Morgan fingerprint density at radius 2 is 2.11 bits per heavy atom. The lowest BCUT2D eigenvalue weighted by molar-refractivity contribution is -0.149. The number of halogens is 2. The van der Waals surface area contributed by atoms with Gasteiger partial charge in [-0.15, -0.1) is 0 Å². The van der Waals surface area contributed by atoms with Crippen molar-refractivity contribution in [2.24, 2.45) is 0 Å². The largest absolute Gasteiger partial charge is 0.480 e. The van der Waals surface area contributed by atoms with E-state index in [2.05, 4.69) is 15.9 Å². The van der Waals surface area contributed by atoms with Crippen LogP contribution in [0.1, 0.15) is 26.3 Å². The number of hydrogen-bond acceptors (Lipinski definition) is 2. The second-order valence-electron chi connectivity index (χ2n) is 4.63. The second-order valence-corrected chi connectivity index (χ2v) is 5.89. The van der Waals surface area contributed by atoms with Gasteiger partial charge in [0.2, 0.25) is 0 Å². The van der Waals surface area contributed by atoms with Crippen molar-refractivity contribution in [3.05, 3.63) is 33.3 Å². The van der Waals surface area contributed by atoms with Crippen LogP contribution in [0.15, 0.2) is 22.7 Å². The molecule has 1 N–H and O–H groups in total. The predicted molar refractivity (Wildman–Crippen MR) is 77.0 cm³/mol. The fourth-order valence-electron chi connectivity index (χ4n) is 1.70. The molecular weight excluding hydrogens is 318 g/mol. The summed E-state index contributed by atoms with van der Waals surface area (Å²) in [6.07, 6.45) is 0. The first-order valence-electron chi connectivity index (χ1n) is 5.71. The lowest BCUT2D eigenvalue weighted by Crippen LogP contribution is -2.49. The second kappa shape index (κ2) is 6.04. The molecule has 1 aromatic carbocycles. The molecule has 3 nitrogen and oxygen atoms in total. The van der Waals surface area contributed by atoms with Gasteiger partial charge in [-0.25, -0.2) is 0 Å². The zero-order chi connectivity index (χ0) is 13.9. The van der Waals surface area contributed by atoms with Crippen molar-refractivity contribution in [2.45, 2.75) is 32.9 Å². The van der Waals surface area contributed by atoms with E-state index in [-0.39, 0.29) is 0 Å². The number of nitrogens with zero attached hydrogens (tertiary/aromatic N) is 1. The van der Waals surface area contributed by atoms with Crippen molar-refractivity contribution in [1.29, 1.82) is 0 Å². The molecule has 0 unspecified atom stereocenters. The van der Waals surface area contributed by atoms with Crippen LogP contribution in [0.2, 0.25) is 5.02 Å². The SMILES string of the molecule is CCN(Cc1ccc(Br)c(Cl)c1)C(C)(C)C(=O)O. The molecule has 1 rings (SSSR count). The molecule has 0 heterocycles. The average Bonchev–Trinajstić information content (AvgIpc) is 2.30. The van der Waals surface area contributed by atoms with Gasteiger partial charge in [-0.1, -0.05) is 24.6 Å². The first-order valence-corrected chi connectivity index (χ1v) is 6.88. The maximum Gasteiger partial charge on any atom is 0.323 e. The number of rotatable bonds is 5. The molecule has 0 aromatic heterocycles. The van der Waals surface area contributed by atoms with E-state index < -0.39 is 11.5 Å². The van der Waals surface area contributed by atoms with Crippen molar-refractivity contribution in [2.75, 3.05) is 6.54 Å². The van der Waals surface area contributed by atoms with Crippen LogP contribution in [0.5, 0.6) is 0 Å². The van der Waals surface area contributed by atoms with E-state index in [0.29, 0.717) is 18.1 Å². The summed E-state index contributed by atoms with van der Waals surface area (Å²) in [5.74, 6) is -0.826. The standard InChI is InChI=1S/C13H17BrClNO2/c1-4-16(13(2,3)12(17)18)8-9-5-6-10(14)11(15)7-9/h5-7H,4,8H2,1-3H3,(H,17,18). The van der Waals surface area contributed by atoms with Gasteiger partial charge in [0.25, 0.3) is 0 Å². The van der Waals surface area contributed by atoms with Crippen LogP contribution in [0, 0.1) is 0 Å². The molecule has 0 radical (unpaired) electrons. The summed E-state index contributed by atoms with van der Waals surface area (Å²) >= 11 is 9.37. The van der Waals surface area contributed by atoms with Crippen LogP contribution in [-0.4, -0.2) is 28.1 Å². The third-order valence-corrected chi connectivity index (χ3v) is 4.29. The van der Waals surface area contributed by atoms with Crippen LogP contribution < -0.4 is 0 Å². The molecule has 5 heteroatoms. The molecule has 0 fully saturated rings. The molecule has 0 saturated heterocycles. The van der Waals surface area contributed by atoms with Gasteiger partial charge in [0.1, 0.15) is 5.54 Å². The Kier molecular flexibility index (Phi) is 5.20. The van der Waals surface area contributed by atoms with E-state index in [0.717, 1.165) is 10.0 Å². The minimum Gasteiger partial charge on any atom is -0.480 e. The molecule has 100 valence electrons. The van der Waals surface area contributed by atoms with Crippen LogP contribution in [0.3, 0.4) is 0 Å². The number of likely N-dealkylation sites (N-methyl/N-ethyl adjacent to an activating group) is 1. The third kappa shape index (κ3) is 3.46. The molecule has 0 aliphatic heterocycles. The monoisotopic (exact) mass is 333 g/mol. The topological polar surface area (TPSA) is 40.5 Å². The average molecular weight is 335 g/mol. The van der Waals surface area contributed by atoms with Gasteiger partial charge in [0.05, 0.1) is 5.02 Å². The highest BCUT2D eigenvalue weighted by Crippen LogP contribution is 2.25. The van der Waals surface area contributed by atoms with Crippen LogP contribution in [0.25, 0.3) is 0 Å². The molecular formula is C13H17BrClNO2. The number of carboxylic acid groups (broad SMARTS) is 1. The Labute approximate surface area is 121 Å². The predicted octanol–water partition coefficient (Wildman–Crippen LogP) is 3.79. The molecule has 0 aliphatic rings. The maximum absolute atomic E-state index is 11.3. The zero-order valence-corrected chi connectivity index (χ0v) is 13.0. The maximum atomic E-state index is 11.3. The van der Waals surface area contributed by atoms with Gasteiger partial charge in [0.15, 0.2) is 0 Å². The van der Waals surface area contributed by atoms with Crippen molar-refractivity contribution < 1.29 is 9.90 Å². The summed E-state index contributed by atoms with van der Waals surface area (Å²) in [4.78, 5) is 13.2. The van der Waals surface area contributed by atoms with Gasteiger partial charge in [-0.2, -0.15) is 0 Å². The molecule has 0 aliphatic carbocycles. The lowest BCUT2D eigenvalue weighted by Gasteiger charge is -2.34. The van der Waals surface area contributed by atoms with Crippen LogP contribution in [0.4, 0.5) is 0 Å². The molecule has 18 heavy (non-hydrogen) atoms. The zero-order valence-electron chi connectivity index (χ0n) is 10.7. The highest BCUT2D eigenvalue weighted by molar-refractivity contribution is 9.10. The summed E-state index contributed by atoms with van der Waals surface area (Å²) in [5.41, 5.74) is 0.105. The van der Waals surface area contributed by atoms with Gasteiger partial charge in [-0.05, 0) is 54.0 Å². The quantitative estimate of drug-likeness (QED) is 0.890. The molecule has 0 atom stereocenters. The van der Waals surface area contributed by atoms with E-state index in [1.54, 1.807) is 13.8 Å². The summed E-state index contributed by atoms with van der Waals surface area (Å²) in [6, 6.07) is 5.67.